The fraction of sp³-hybridized carbons (Fsp3) is 0.875. The fourth-order valence-corrected chi connectivity index (χ4v) is 1.88. The highest BCUT2D eigenvalue weighted by Gasteiger charge is 2.34. The minimum absolute atomic E-state index is 0.230. The van der Waals surface area contributed by atoms with Crippen molar-refractivity contribution in [3.05, 3.63) is 0 Å². The highest BCUT2D eigenvalue weighted by atomic mass is 32.2. The molecule has 0 saturated carbocycles. The molecule has 0 aromatic carbocycles. The predicted molar refractivity (Wildman–Crippen MR) is 57.2 cm³/mol. The number of hydroxylamine groups is 2. The van der Waals surface area contributed by atoms with Crippen molar-refractivity contribution in [2.75, 3.05) is 6.54 Å². The first-order chi connectivity index (χ1) is 7.02. The molecule has 1 aliphatic rings. The van der Waals surface area contributed by atoms with Crippen molar-refractivity contribution in [3.63, 3.8) is 0 Å². The van der Waals surface area contributed by atoms with Gasteiger partial charge in [-0.15, -0.1) is 5.06 Å². The van der Waals surface area contributed by atoms with Crippen molar-refractivity contribution < 1.29 is 14.2 Å². The number of nitrogens with two attached hydrogens (primary N) is 1. The van der Waals surface area contributed by atoms with Crippen LogP contribution < -0.4 is 10.5 Å². The Morgan fingerprint density at radius 3 is 2.87 bits per heavy atom. The third kappa shape index (κ3) is 4.35. The van der Waals surface area contributed by atoms with Crippen LogP contribution >= 0.6 is 12.2 Å². The summed E-state index contributed by atoms with van der Waals surface area (Å²) >= 11 is 1.11. The van der Waals surface area contributed by atoms with Gasteiger partial charge in [-0.2, -0.15) is 0 Å². The lowest BCUT2D eigenvalue weighted by Crippen LogP contribution is -2.55. The lowest BCUT2D eigenvalue weighted by molar-refractivity contribution is -0.137. The maximum Gasteiger partial charge on any atom is 0.303 e. The summed E-state index contributed by atoms with van der Waals surface area (Å²) in [5.74, 6) is -1.38. The van der Waals surface area contributed by atoms with Gasteiger partial charge >= 0.3 is 5.97 Å². The molecule has 1 atom stereocenters. The second kappa shape index (κ2) is 5.66. The fourth-order valence-electron chi connectivity index (χ4n) is 1.25. The molecule has 1 heterocycles. The number of hydrogen-bond acceptors (Lipinski definition) is 6. The van der Waals surface area contributed by atoms with Crippen LogP contribution in [0.1, 0.15) is 32.6 Å². The van der Waals surface area contributed by atoms with Crippen LogP contribution in [-0.4, -0.2) is 28.5 Å². The van der Waals surface area contributed by atoms with E-state index in [1.54, 1.807) is 5.06 Å². The molecule has 15 heavy (non-hydrogen) atoms. The molecule has 1 unspecified atom stereocenters. The third-order valence-electron chi connectivity index (χ3n) is 2.15. The van der Waals surface area contributed by atoms with E-state index in [9.17, 15) is 4.79 Å². The van der Waals surface area contributed by atoms with E-state index in [-0.39, 0.29) is 6.42 Å². The Morgan fingerprint density at radius 2 is 2.33 bits per heavy atom. The standard InChI is InChI=1S/C8H17N3O3S/c1-8(9)10-15-14-11(8)6-4-2-3-5-7(12)13/h10H,2-6,9H2,1H3,(H,12,13). The Morgan fingerprint density at radius 1 is 1.60 bits per heavy atom. The second-order valence-electron chi connectivity index (χ2n) is 3.71. The van der Waals surface area contributed by atoms with Crippen molar-refractivity contribution in [1.82, 2.24) is 9.79 Å². The van der Waals surface area contributed by atoms with Gasteiger partial charge in [-0.3, -0.25) is 10.5 Å². The minimum atomic E-state index is -0.742. The van der Waals surface area contributed by atoms with Crippen molar-refractivity contribution in [1.29, 1.82) is 0 Å². The van der Waals surface area contributed by atoms with E-state index in [0.717, 1.165) is 25.1 Å². The van der Waals surface area contributed by atoms with E-state index >= 15 is 0 Å². The van der Waals surface area contributed by atoms with Crippen LogP contribution in [0.4, 0.5) is 0 Å². The van der Waals surface area contributed by atoms with Gasteiger partial charge in [0.2, 0.25) is 0 Å². The lowest BCUT2D eigenvalue weighted by atomic mass is 10.2. The van der Waals surface area contributed by atoms with Crippen molar-refractivity contribution in [2.24, 2.45) is 5.73 Å². The van der Waals surface area contributed by atoms with Gasteiger partial charge < -0.3 is 5.11 Å². The molecule has 0 radical (unpaired) electrons. The molecule has 7 heteroatoms. The molecule has 6 nitrogen and oxygen atoms in total. The van der Waals surface area contributed by atoms with Gasteiger partial charge in [-0.05, 0) is 19.8 Å². The molecular formula is C8H17N3O3S. The number of aliphatic carboxylic acids is 1. The van der Waals surface area contributed by atoms with E-state index in [1.807, 2.05) is 6.92 Å². The molecule has 88 valence electrons. The average Bonchev–Trinajstić information content (AvgIpc) is 2.44. The maximum atomic E-state index is 10.3. The Kier molecular flexibility index (Phi) is 4.81. The van der Waals surface area contributed by atoms with Crippen LogP contribution in [0.3, 0.4) is 0 Å². The van der Waals surface area contributed by atoms with Gasteiger partial charge in [0, 0.05) is 13.0 Å². The minimum Gasteiger partial charge on any atom is -0.481 e. The van der Waals surface area contributed by atoms with Crippen LogP contribution in [0.2, 0.25) is 0 Å². The smallest absolute Gasteiger partial charge is 0.303 e. The first-order valence-electron chi connectivity index (χ1n) is 4.91. The van der Waals surface area contributed by atoms with Gasteiger partial charge in [0.15, 0.2) is 5.79 Å². The average molecular weight is 235 g/mol. The number of nitrogens with zero attached hydrogens (tertiary/aromatic N) is 1. The Balaban J connectivity index is 2.07. The molecule has 1 saturated heterocycles. The summed E-state index contributed by atoms with van der Waals surface area (Å²) in [4.78, 5) is 10.3. The van der Waals surface area contributed by atoms with Crippen molar-refractivity contribution >= 4 is 18.2 Å². The number of hydrogen-bond donors (Lipinski definition) is 3. The summed E-state index contributed by atoms with van der Waals surface area (Å²) in [6.07, 6.45) is 2.67. The normalized spacial score (nSPS) is 27.1. The van der Waals surface area contributed by atoms with Gasteiger partial charge in [0.25, 0.3) is 0 Å². The second-order valence-corrected chi connectivity index (χ2v) is 4.23. The molecule has 1 aliphatic heterocycles. The molecule has 0 aliphatic carbocycles. The number of carboxylic acids is 1. The highest BCUT2D eigenvalue weighted by Crippen LogP contribution is 2.22. The molecule has 1 fully saturated rings. The quantitative estimate of drug-likeness (QED) is 0.354. The van der Waals surface area contributed by atoms with Crippen LogP contribution in [-0.2, 0) is 9.08 Å². The summed E-state index contributed by atoms with van der Waals surface area (Å²) in [5.41, 5.74) is 5.86. The molecular weight excluding hydrogens is 218 g/mol. The summed E-state index contributed by atoms with van der Waals surface area (Å²) < 4.78 is 8.10. The molecule has 0 bridgehead atoms. The van der Waals surface area contributed by atoms with Crippen LogP contribution in [0.25, 0.3) is 0 Å². The zero-order valence-corrected chi connectivity index (χ0v) is 9.55. The Hall–Kier alpha value is -0.340. The van der Waals surface area contributed by atoms with Crippen LogP contribution in [0.5, 0.6) is 0 Å². The highest BCUT2D eigenvalue weighted by molar-refractivity contribution is 7.92. The third-order valence-corrected chi connectivity index (χ3v) is 2.90. The number of rotatable bonds is 6. The monoisotopic (exact) mass is 235 g/mol. The number of carboxylic acid groups (broad SMARTS) is 1. The zero-order chi connectivity index (χ0) is 11.3. The zero-order valence-electron chi connectivity index (χ0n) is 8.73. The number of nitrogens with one attached hydrogen (secondary N) is 1. The Bertz CT molecular complexity index is 225. The van der Waals surface area contributed by atoms with E-state index in [1.165, 1.54) is 0 Å². The molecule has 1 rings (SSSR count). The SMILES string of the molecule is CC1(N)NSON1CCCCCC(=O)O. The van der Waals surface area contributed by atoms with Crippen molar-refractivity contribution in [2.45, 2.75) is 38.4 Å². The number of unbranched alkanes of at least 4 members (excludes halogenated alkanes) is 2. The first-order valence-corrected chi connectivity index (χ1v) is 5.65. The Labute approximate surface area is 93.4 Å². The van der Waals surface area contributed by atoms with Gasteiger partial charge in [-0.25, -0.2) is 9.01 Å². The molecule has 4 N–H and O–H groups in total. The first kappa shape index (κ1) is 12.7. The summed E-state index contributed by atoms with van der Waals surface area (Å²) in [6.45, 7) is 2.52. The summed E-state index contributed by atoms with van der Waals surface area (Å²) in [5, 5.41) is 10.1. The molecule has 0 spiro atoms. The van der Waals surface area contributed by atoms with Gasteiger partial charge in [0.05, 0.1) is 0 Å². The van der Waals surface area contributed by atoms with Crippen molar-refractivity contribution in [3.8, 4) is 0 Å². The summed E-state index contributed by atoms with van der Waals surface area (Å²) in [6, 6.07) is 0. The van der Waals surface area contributed by atoms with Gasteiger partial charge in [0.1, 0.15) is 12.2 Å². The maximum absolute atomic E-state index is 10.3. The largest absolute Gasteiger partial charge is 0.481 e. The lowest BCUT2D eigenvalue weighted by Gasteiger charge is -2.26. The van der Waals surface area contributed by atoms with E-state index in [2.05, 4.69) is 4.72 Å². The van der Waals surface area contributed by atoms with E-state index in [0.29, 0.717) is 13.0 Å². The topological polar surface area (TPSA) is 87.8 Å². The predicted octanol–water partition coefficient (Wildman–Crippen LogP) is 0.664. The van der Waals surface area contributed by atoms with E-state index < -0.39 is 11.8 Å². The summed E-state index contributed by atoms with van der Waals surface area (Å²) in [7, 11) is 0. The van der Waals surface area contributed by atoms with Crippen LogP contribution in [0.15, 0.2) is 0 Å². The molecule has 0 aromatic rings. The van der Waals surface area contributed by atoms with E-state index in [4.69, 9.17) is 15.1 Å². The number of carbonyl (C=O) groups is 1. The molecule has 0 aromatic heterocycles. The van der Waals surface area contributed by atoms with Gasteiger partial charge in [-0.1, -0.05) is 6.42 Å². The molecule has 0 amide bonds. The van der Waals surface area contributed by atoms with Crippen LogP contribution in [0, 0.1) is 0 Å².